The van der Waals surface area contributed by atoms with Gasteiger partial charge in [0.15, 0.2) is 0 Å². The van der Waals surface area contributed by atoms with Crippen molar-refractivity contribution in [2.45, 2.75) is 25.7 Å². The van der Waals surface area contributed by atoms with Crippen LogP contribution in [0, 0.1) is 0 Å². The summed E-state index contributed by atoms with van der Waals surface area (Å²) in [6.07, 6.45) is 5.01. The largest absolute Gasteiger partial charge is 0.253 e. The zero-order chi connectivity index (χ0) is 9.38. The van der Waals surface area contributed by atoms with Gasteiger partial charge in [-0.1, -0.05) is 18.2 Å². The average molecular weight is 415 g/mol. The molecule has 1 aliphatic carbocycles. The summed E-state index contributed by atoms with van der Waals surface area (Å²) in [5.74, 6) is 0. The van der Waals surface area contributed by atoms with E-state index in [9.17, 15) is 0 Å². The molecule has 0 saturated carbocycles. The van der Waals surface area contributed by atoms with Crippen LogP contribution in [0.25, 0.3) is 10.9 Å². The smallest absolute Gasteiger partial charge is 0.0705 e. The van der Waals surface area contributed by atoms with Gasteiger partial charge >= 0.3 is 0 Å². The average Bonchev–Trinajstić information content (AvgIpc) is 2.26. The third kappa shape index (κ3) is 2.47. The van der Waals surface area contributed by atoms with E-state index in [0.717, 1.165) is 5.52 Å². The molecule has 88 valence electrons. The fourth-order valence-electron chi connectivity index (χ4n) is 2.24. The van der Waals surface area contributed by atoms with Crippen molar-refractivity contribution in [3.8, 4) is 0 Å². The molecule has 0 saturated heterocycles. The van der Waals surface area contributed by atoms with Crippen molar-refractivity contribution in [2.75, 3.05) is 0 Å². The van der Waals surface area contributed by atoms with E-state index in [1.807, 2.05) is 0 Å². The molecular weight excluding hydrogens is 401 g/mol. The summed E-state index contributed by atoms with van der Waals surface area (Å²) in [7, 11) is 0. The second-order valence-corrected chi connectivity index (χ2v) is 3.99. The SMILES string of the molecule is Cl.[Pt].c1ccc2nc3c(cc2c1)CCCC3. The Morgan fingerprint density at radius 3 is 2.62 bits per heavy atom. The van der Waals surface area contributed by atoms with Crippen molar-refractivity contribution in [1.29, 1.82) is 0 Å². The molecule has 0 atom stereocenters. The summed E-state index contributed by atoms with van der Waals surface area (Å²) < 4.78 is 0. The fourth-order valence-corrected chi connectivity index (χ4v) is 2.24. The quantitative estimate of drug-likeness (QED) is 0.642. The first-order valence-corrected chi connectivity index (χ1v) is 5.31. The molecule has 0 fully saturated rings. The monoisotopic (exact) mass is 414 g/mol. The van der Waals surface area contributed by atoms with E-state index in [0.29, 0.717) is 0 Å². The van der Waals surface area contributed by atoms with Gasteiger partial charge in [-0.2, -0.15) is 0 Å². The van der Waals surface area contributed by atoms with Crippen LogP contribution in [-0.2, 0) is 33.9 Å². The molecule has 0 N–H and O–H groups in total. The van der Waals surface area contributed by atoms with Gasteiger partial charge in [0.25, 0.3) is 0 Å². The standard InChI is InChI=1S/C13H13N.ClH.Pt/c1-3-7-12-10(5-1)9-11-6-2-4-8-13(11)14-12;;/h1,3,5,7,9H,2,4,6,8H2;1H;. The molecule has 0 aliphatic heterocycles. The van der Waals surface area contributed by atoms with Gasteiger partial charge in [0.05, 0.1) is 5.52 Å². The Kier molecular flexibility index (Phi) is 4.95. The summed E-state index contributed by atoms with van der Waals surface area (Å²) in [6.45, 7) is 0. The van der Waals surface area contributed by atoms with Crippen molar-refractivity contribution < 1.29 is 21.1 Å². The number of hydrogen-bond acceptors (Lipinski definition) is 1. The zero-order valence-corrected chi connectivity index (χ0v) is 12.0. The molecule has 0 unspecified atom stereocenters. The van der Waals surface area contributed by atoms with E-state index in [1.165, 1.54) is 42.3 Å². The fraction of sp³-hybridized carbons (Fsp3) is 0.308. The summed E-state index contributed by atoms with van der Waals surface area (Å²) >= 11 is 0. The van der Waals surface area contributed by atoms with Crippen molar-refractivity contribution >= 4 is 23.3 Å². The van der Waals surface area contributed by atoms with Crippen molar-refractivity contribution in [2.24, 2.45) is 0 Å². The Bertz CT molecular complexity index is 440. The molecule has 3 rings (SSSR count). The Morgan fingerprint density at radius 1 is 1.00 bits per heavy atom. The predicted octanol–water partition coefficient (Wildman–Crippen LogP) is 3.53. The van der Waals surface area contributed by atoms with Crippen LogP contribution >= 0.6 is 12.4 Å². The minimum absolute atomic E-state index is 0. The number of rotatable bonds is 0. The Labute approximate surface area is 116 Å². The number of benzene rings is 1. The summed E-state index contributed by atoms with van der Waals surface area (Å²) in [5, 5.41) is 1.29. The maximum Gasteiger partial charge on any atom is 0.0705 e. The summed E-state index contributed by atoms with van der Waals surface area (Å²) in [5.41, 5.74) is 3.94. The van der Waals surface area contributed by atoms with Gasteiger partial charge in [-0.05, 0) is 43.4 Å². The number of para-hydroxylation sites is 1. The minimum atomic E-state index is 0. The van der Waals surface area contributed by atoms with E-state index in [1.54, 1.807) is 0 Å². The van der Waals surface area contributed by atoms with Crippen LogP contribution < -0.4 is 0 Å². The normalized spacial score (nSPS) is 13.5. The van der Waals surface area contributed by atoms with Crippen molar-refractivity contribution in [1.82, 2.24) is 4.98 Å². The first-order valence-electron chi connectivity index (χ1n) is 5.31. The van der Waals surface area contributed by atoms with E-state index in [2.05, 4.69) is 30.3 Å². The van der Waals surface area contributed by atoms with Gasteiger partial charge in [0.2, 0.25) is 0 Å². The third-order valence-corrected chi connectivity index (χ3v) is 3.00. The van der Waals surface area contributed by atoms with Gasteiger partial charge in [0, 0.05) is 32.1 Å². The summed E-state index contributed by atoms with van der Waals surface area (Å²) in [6, 6.07) is 10.7. The number of aromatic nitrogens is 1. The van der Waals surface area contributed by atoms with E-state index in [-0.39, 0.29) is 33.5 Å². The van der Waals surface area contributed by atoms with E-state index >= 15 is 0 Å². The molecule has 2 aromatic rings. The van der Waals surface area contributed by atoms with Crippen molar-refractivity contribution in [3.63, 3.8) is 0 Å². The summed E-state index contributed by atoms with van der Waals surface area (Å²) in [4.78, 5) is 4.72. The number of aryl methyl sites for hydroxylation is 2. The van der Waals surface area contributed by atoms with Gasteiger partial charge in [-0.3, -0.25) is 4.98 Å². The van der Waals surface area contributed by atoms with E-state index < -0.39 is 0 Å². The molecule has 1 heterocycles. The van der Waals surface area contributed by atoms with Crippen LogP contribution in [0.15, 0.2) is 30.3 Å². The number of halogens is 1. The molecule has 1 aliphatic rings. The maximum atomic E-state index is 4.72. The molecular formula is C13H14ClNPt. The number of fused-ring (bicyclic) bond motifs is 2. The van der Waals surface area contributed by atoms with Crippen LogP contribution in [0.3, 0.4) is 0 Å². The second-order valence-electron chi connectivity index (χ2n) is 3.99. The van der Waals surface area contributed by atoms with Crippen LogP contribution in [0.4, 0.5) is 0 Å². The van der Waals surface area contributed by atoms with Gasteiger partial charge in [0.1, 0.15) is 0 Å². The molecule has 1 aromatic heterocycles. The predicted molar refractivity (Wildman–Crippen MR) is 65.6 cm³/mol. The van der Waals surface area contributed by atoms with Gasteiger partial charge in [-0.15, -0.1) is 12.4 Å². The van der Waals surface area contributed by atoms with Gasteiger partial charge < -0.3 is 0 Å². The molecule has 1 aromatic carbocycles. The van der Waals surface area contributed by atoms with Crippen LogP contribution in [-0.4, -0.2) is 4.98 Å². The van der Waals surface area contributed by atoms with E-state index in [4.69, 9.17) is 4.98 Å². The molecule has 3 heteroatoms. The third-order valence-electron chi connectivity index (χ3n) is 3.00. The molecule has 0 spiro atoms. The first-order chi connectivity index (χ1) is 6.93. The topological polar surface area (TPSA) is 12.9 Å². The number of nitrogens with zero attached hydrogens (tertiary/aromatic N) is 1. The van der Waals surface area contributed by atoms with Crippen LogP contribution in [0.2, 0.25) is 0 Å². The Hall–Kier alpha value is -0.392. The second kappa shape index (κ2) is 5.79. The van der Waals surface area contributed by atoms with Crippen LogP contribution in [0.5, 0.6) is 0 Å². The molecule has 16 heavy (non-hydrogen) atoms. The molecule has 0 amide bonds. The van der Waals surface area contributed by atoms with Crippen molar-refractivity contribution in [3.05, 3.63) is 41.6 Å². The zero-order valence-electron chi connectivity index (χ0n) is 8.89. The Balaban J connectivity index is 0.000000640. The molecule has 1 nitrogen and oxygen atoms in total. The maximum absolute atomic E-state index is 4.72. The number of hydrogen-bond donors (Lipinski definition) is 0. The molecule has 0 radical (unpaired) electrons. The molecule has 0 bridgehead atoms. The first kappa shape index (κ1) is 13.7. The van der Waals surface area contributed by atoms with Crippen LogP contribution in [0.1, 0.15) is 24.1 Å². The minimum Gasteiger partial charge on any atom is -0.253 e. The Morgan fingerprint density at radius 2 is 1.75 bits per heavy atom. The van der Waals surface area contributed by atoms with Gasteiger partial charge in [-0.25, -0.2) is 0 Å². The number of pyridine rings is 1.